The summed E-state index contributed by atoms with van der Waals surface area (Å²) in [4.78, 5) is 2.35. The second-order valence-electron chi connectivity index (χ2n) is 5.63. The quantitative estimate of drug-likeness (QED) is 0.729. The van der Waals surface area contributed by atoms with Gasteiger partial charge in [-0.3, -0.25) is 0 Å². The fraction of sp³-hybridized carbons (Fsp3) is 0.647. The minimum atomic E-state index is 0.821. The zero-order valence-corrected chi connectivity index (χ0v) is 12.9. The Morgan fingerprint density at radius 1 is 1.11 bits per heavy atom. The third kappa shape index (κ3) is 6.11. The molecule has 2 nitrogen and oxygen atoms in total. The van der Waals surface area contributed by atoms with Gasteiger partial charge in [-0.25, -0.2) is 0 Å². The molecule has 0 amide bonds. The summed E-state index contributed by atoms with van der Waals surface area (Å²) in [7, 11) is 2.18. The lowest BCUT2D eigenvalue weighted by atomic mass is 9.94. The average Bonchev–Trinajstić information content (AvgIpc) is 2.40. The number of nitrogens with zero attached hydrogens (tertiary/aromatic N) is 1. The highest BCUT2D eigenvalue weighted by molar-refractivity contribution is 5.46. The van der Waals surface area contributed by atoms with Crippen molar-refractivity contribution in [3.8, 4) is 0 Å². The molecule has 108 valence electrons. The number of rotatable bonds is 9. The van der Waals surface area contributed by atoms with Gasteiger partial charge in [0.2, 0.25) is 0 Å². The van der Waals surface area contributed by atoms with Gasteiger partial charge in [0.1, 0.15) is 0 Å². The zero-order valence-electron chi connectivity index (χ0n) is 12.9. The average molecular weight is 262 g/mol. The van der Waals surface area contributed by atoms with E-state index < -0.39 is 0 Å². The highest BCUT2D eigenvalue weighted by Gasteiger charge is 2.07. The molecule has 0 aliphatic heterocycles. The Labute approximate surface area is 119 Å². The summed E-state index contributed by atoms with van der Waals surface area (Å²) in [5, 5.41) is 0. The minimum Gasteiger partial charge on any atom is -0.375 e. The molecule has 1 aromatic rings. The molecule has 1 aromatic carbocycles. The van der Waals surface area contributed by atoms with Crippen molar-refractivity contribution < 1.29 is 0 Å². The number of nitrogens with two attached hydrogens (primary N) is 1. The summed E-state index contributed by atoms with van der Waals surface area (Å²) in [5.41, 5.74) is 8.32. The van der Waals surface area contributed by atoms with Gasteiger partial charge in [0.05, 0.1) is 0 Å². The van der Waals surface area contributed by atoms with Crippen LogP contribution in [0.4, 0.5) is 5.69 Å². The van der Waals surface area contributed by atoms with Crippen LogP contribution in [-0.4, -0.2) is 20.1 Å². The summed E-state index contributed by atoms with van der Waals surface area (Å²) in [6.07, 6.45) is 6.35. The van der Waals surface area contributed by atoms with Crippen molar-refractivity contribution in [2.24, 2.45) is 11.7 Å². The Bertz CT molecular complexity index is 326. The molecular weight excluding hydrogens is 232 g/mol. The van der Waals surface area contributed by atoms with Crippen molar-refractivity contribution in [3.63, 3.8) is 0 Å². The smallest absolute Gasteiger partial charge is 0.0363 e. The molecule has 0 radical (unpaired) electrons. The molecule has 0 saturated carbocycles. The SMILES string of the molecule is CCCC(CCN)CCCN(C)c1ccc(C)cc1. The number of anilines is 1. The molecule has 0 fully saturated rings. The van der Waals surface area contributed by atoms with E-state index in [4.69, 9.17) is 5.73 Å². The van der Waals surface area contributed by atoms with Crippen LogP contribution in [0.1, 0.15) is 44.6 Å². The summed E-state index contributed by atoms with van der Waals surface area (Å²) >= 11 is 0. The van der Waals surface area contributed by atoms with Crippen LogP contribution in [-0.2, 0) is 0 Å². The predicted molar refractivity (Wildman–Crippen MR) is 85.8 cm³/mol. The first-order chi connectivity index (χ1) is 9.17. The topological polar surface area (TPSA) is 29.3 Å². The minimum absolute atomic E-state index is 0.821. The molecule has 2 N–H and O–H groups in total. The standard InChI is InChI=1S/C17H30N2/c1-4-6-16(12-13-18)7-5-14-19(3)17-10-8-15(2)9-11-17/h8-11,16H,4-7,12-14,18H2,1-3H3. The molecule has 1 atom stereocenters. The van der Waals surface area contributed by atoms with Gasteiger partial charge in [-0.1, -0.05) is 37.5 Å². The van der Waals surface area contributed by atoms with Gasteiger partial charge in [0.15, 0.2) is 0 Å². The normalized spacial score (nSPS) is 12.4. The number of benzene rings is 1. The lowest BCUT2D eigenvalue weighted by molar-refractivity contribution is 0.410. The van der Waals surface area contributed by atoms with Gasteiger partial charge in [-0.05, 0) is 50.8 Å². The summed E-state index contributed by atoms with van der Waals surface area (Å²) in [5.74, 6) is 0.821. The fourth-order valence-corrected chi connectivity index (χ4v) is 2.62. The molecular formula is C17H30N2. The first kappa shape index (κ1) is 16.0. The summed E-state index contributed by atoms with van der Waals surface area (Å²) in [6, 6.07) is 8.78. The van der Waals surface area contributed by atoms with E-state index in [2.05, 4.69) is 50.1 Å². The molecule has 0 aromatic heterocycles. The molecule has 0 bridgehead atoms. The molecule has 19 heavy (non-hydrogen) atoms. The van der Waals surface area contributed by atoms with Gasteiger partial charge < -0.3 is 10.6 Å². The van der Waals surface area contributed by atoms with Crippen molar-refractivity contribution in [2.75, 3.05) is 25.0 Å². The molecule has 0 spiro atoms. The molecule has 2 heteroatoms. The third-order valence-corrected chi connectivity index (χ3v) is 3.85. The molecule has 1 unspecified atom stereocenters. The van der Waals surface area contributed by atoms with E-state index >= 15 is 0 Å². The predicted octanol–water partition coefficient (Wildman–Crippen LogP) is 3.98. The van der Waals surface area contributed by atoms with Crippen LogP contribution < -0.4 is 10.6 Å². The van der Waals surface area contributed by atoms with Crippen LogP contribution in [0.2, 0.25) is 0 Å². The van der Waals surface area contributed by atoms with Gasteiger partial charge in [0.25, 0.3) is 0 Å². The molecule has 0 aliphatic rings. The van der Waals surface area contributed by atoms with E-state index in [-0.39, 0.29) is 0 Å². The van der Waals surface area contributed by atoms with Crippen LogP contribution >= 0.6 is 0 Å². The zero-order chi connectivity index (χ0) is 14.1. The second kappa shape index (κ2) is 8.98. The third-order valence-electron chi connectivity index (χ3n) is 3.85. The Morgan fingerprint density at radius 2 is 1.79 bits per heavy atom. The Morgan fingerprint density at radius 3 is 2.37 bits per heavy atom. The van der Waals surface area contributed by atoms with Crippen LogP contribution in [0.25, 0.3) is 0 Å². The second-order valence-corrected chi connectivity index (χ2v) is 5.63. The molecule has 0 aliphatic carbocycles. The maximum absolute atomic E-state index is 5.69. The van der Waals surface area contributed by atoms with E-state index in [0.717, 1.165) is 19.0 Å². The van der Waals surface area contributed by atoms with Gasteiger partial charge in [-0.15, -0.1) is 0 Å². The Kier molecular flexibility index (Phi) is 7.57. The van der Waals surface area contributed by atoms with Crippen LogP contribution in [0.3, 0.4) is 0 Å². The monoisotopic (exact) mass is 262 g/mol. The van der Waals surface area contributed by atoms with Crippen molar-refractivity contribution in [3.05, 3.63) is 29.8 Å². The van der Waals surface area contributed by atoms with Crippen LogP contribution in [0.5, 0.6) is 0 Å². The van der Waals surface area contributed by atoms with Gasteiger partial charge in [-0.2, -0.15) is 0 Å². The van der Waals surface area contributed by atoms with Gasteiger partial charge >= 0.3 is 0 Å². The molecule has 0 heterocycles. The lowest BCUT2D eigenvalue weighted by Gasteiger charge is -2.21. The van der Waals surface area contributed by atoms with E-state index in [1.165, 1.54) is 43.4 Å². The van der Waals surface area contributed by atoms with Crippen LogP contribution in [0, 0.1) is 12.8 Å². The number of aryl methyl sites for hydroxylation is 1. The maximum atomic E-state index is 5.69. The van der Waals surface area contributed by atoms with E-state index in [1.54, 1.807) is 0 Å². The Balaban J connectivity index is 2.32. The summed E-state index contributed by atoms with van der Waals surface area (Å²) < 4.78 is 0. The van der Waals surface area contributed by atoms with Crippen molar-refractivity contribution >= 4 is 5.69 Å². The first-order valence-electron chi connectivity index (χ1n) is 7.65. The largest absolute Gasteiger partial charge is 0.375 e. The Hall–Kier alpha value is -1.02. The highest BCUT2D eigenvalue weighted by atomic mass is 15.1. The van der Waals surface area contributed by atoms with Gasteiger partial charge in [0, 0.05) is 19.3 Å². The van der Waals surface area contributed by atoms with Crippen molar-refractivity contribution in [1.29, 1.82) is 0 Å². The highest BCUT2D eigenvalue weighted by Crippen LogP contribution is 2.19. The molecule has 0 saturated heterocycles. The van der Waals surface area contributed by atoms with Crippen LogP contribution in [0.15, 0.2) is 24.3 Å². The number of hydrogen-bond acceptors (Lipinski definition) is 2. The van der Waals surface area contributed by atoms with Crippen molar-refractivity contribution in [1.82, 2.24) is 0 Å². The lowest BCUT2D eigenvalue weighted by Crippen LogP contribution is -2.19. The van der Waals surface area contributed by atoms with E-state index in [9.17, 15) is 0 Å². The maximum Gasteiger partial charge on any atom is 0.0363 e. The van der Waals surface area contributed by atoms with E-state index in [0.29, 0.717) is 0 Å². The number of hydrogen-bond donors (Lipinski definition) is 1. The molecule has 1 rings (SSSR count). The van der Waals surface area contributed by atoms with E-state index in [1.807, 2.05) is 0 Å². The summed E-state index contributed by atoms with van der Waals surface area (Å²) in [6.45, 7) is 6.36. The van der Waals surface area contributed by atoms with Crippen molar-refractivity contribution in [2.45, 2.75) is 46.0 Å². The fourth-order valence-electron chi connectivity index (χ4n) is 2.62. The first-order valence-corrected chi connectivity index (χ1v) is 7.65.